The fourth-order valence-corrected chi connectivity index (χ4v) is 4.84. The Kier molecular flexibility index (Phi) is 5.14. The number of carbonyl (C=O) groups is 2. The zero-order valence-electron chi connectivity index (χ0n) is 19.5. The maximum Gasteiger partial charge on any atom is 0.193 e. The highest BCUT2D eigenvalue weighted by atomic mass is 16.3. The first-order valence-corrected chi connectivity index (χ1v) is 10.6. The summed E-state index contributed by atoms with van der Waals surface area (Å²) in [6, 6.07) is 13.8. The van der Waals surface area contributed by atoms with Crippen molar-refractivity contribution in [1.82, 2.24) is 0 Å². The minimum Gasteiger partial charge on any atom is -0.382 e. The minimum absolute atomic E-state index is 0.0414. The lowest BCUT2D eigenvalue weighted by molar-refractivity contribution is 0.0488. The van der Waals surface area contributed by atoms with Gasteiger partial charge in [-0.15, -0.1) is 0 Å². The van der Waals surface area contributed by atoms with Gasteiger partial charge < -0.3 is 5.11 Å². The van der Waals surface area contributed by atoms with E-state index >= 15 is 0 Å². The first-order valence-electron chi connectivity index (χ1n) is 10.6. The molecule has 0 amide bonds. The van der Waals surface area contributed by atoms with Crippen molar-refractivity contribution < 1.29 is 14.7 Å². The van der Waals surface area contributed by atoms with Crippen LogP contribution in [0.25, 0.3) is 0 Å². The molecule has 0 radical (unpaired) electrons. The molecule has 1 unspecified atom stereocenters. The van der Waals surface area contributed by atoms with Gasteiger partial charge in [-0.2, -0.15) is 0 Å². The Bertz CT molecular complexity index is 998. The molecule has 2 aromatic rings. The van der Waals surface area contributed by atoms with Crippen LogP contribution in [0.5, 0.6) is 0 Å². The molecule has 0 fully saturated rings. The number of hydrogen-bond acceptors (Lipinski definition) is 3. The van der Waals surface area contributed by atoms with Gasteiger partial charge in [0.25, 0.3) is 0 Å². The van der Waals surface area contributed by atoms with E-state index in [2.05, 4.69) is 32.9 Å². The summed E-state index contributed by atoms with van der Waals surface area (Å²) in [5, 5.41) is 10.2. The van der Waals surface area contributed by atoms with Crippen molar-refractivity contribution in [1.29, 1.82) is 0 Å². The summed E-state index contributed by atoms with van der Waals surface area (Å²) in [7, 11) is 0. The molecular weight excluding hydrogens is 372 g/mol. The van der Waals surface area contributed by atoms with Gasteiger partial charge in [0.15, 0.2) is 11.6 Å². The predicted octanol–water partition coefficient (Wildman–Crippen LogP) is 5.86. The predicted molar refractivity (Wildman–Crippen MR) is 121 cm³/mol. The van der Waals surface area contributed by atoms with Crippen LogP contribution in [0.1, 0.15) is 99.2 Å². The molecule has 3 rings (SSSR count). The Balaban J connectivity index is 2.09. The van der Waals surface area contributed by atoms with Gasteiger partial charge in [-0.1, -0.05) is 77.9 Å². The Morgan fingerprint density at radius 1 is 0.800 bits per heavy atom. The van der Waals surface area contributed by atoms with Gasteiger partial charge in [0.1, 0.15) is 5.60 Å². The second-order valence-electron chi connectivity index (χ2n) is 11.2. The van der Waals surface area contributed by atoms with Crippen molar-refractivity contribution >= 4 is 11.6 Å². The Hall–Kier alpha value is -2.26. The van der Waals surface area contributed by atoms with Crippen LogP contribution in [0.3, 0.4) is 0 Å². The van der Waals surface area contributed by atoms with E-state index in [0.717, 1.165) is 23.1 Å². The average molecular weight is 407 g/mol. The third-order valence-electron chi connectivity index (χ3n) is 6.42. The first-order chi connectivity index (χ1) is 13.6. The van der Waals surface area contributed by atoms with Crippen LogP contribution in [0, 0.1) is 5.41 Å². The molecule has 0 aliphatic heterocycles. The third-order valence-corrected chi connectivity index (χ3v) is 6.42. The Morgan fingerprint density at radius 2 is 1.33 bits per heavy atom. The SMILES string of the molecule is CC(C)(C)C(=O)c1ccc(C2(C)CC(C)(C)c3ccc(C(=O)C(C)(C)O)cc32)cc1. The molecular formula is C27H34O3. The standard InChI is InChI=1S/C27H34O3/c1-24(2,3)22(28)17-9-12-19(13-10-17)27(8)16-25(4,5)20-14-11-18(15-21(20)27)23(29)26(6,7)30/h9-15,30H,16H2,1-8H3. The number of hydrogen-bond donors (Lipinski definition) is 1. The van der Waals surface area contributed by atoms with E-state index in [1.165, 1.54) is 19.4 Å². The van der Waals surface area contributed by atoms with E-state index in [9.17, 15) is 14.7 Å². The number of carbonyl (C=O) groups excluding carboxylic acids is 2. The van der Waals surface area contributed by atoms with E-state index in [0.29, 0.717) is 5.56 Å². The van der Waals surface area contributed by atoms with Crippen molar-refractivity contribution in [3.05, 3.63) is 70.3 Å². The molecule has 1 N–H and O–H groups in total. The number of Topliss-reactive ketones (excluding diaryl/α,β-unsaturated/α-hetero) is 2. The molecule has 0 spiro atoms. The highest BCUT2D eigenvalue weighted by Gasteiger charge is 2.46. The molecule has 0 saturated carbocycles. The van der Waals surface area contributed by atoms with Gasteiger partial charge in [0.05, 0.1) is 0 Å². The van der Waals surface area contributed by atoms with Gasteiger partial charge in [-0.3, -0.25) is 9.59 Å². The van der Waals surface area contributed by atoms with Crippen LogP contribution in [0.2, 0.25) is 0 Å². The molecule has 3 nitrogen and oxygen atoms in total. The van der Waals surface area contributed by atoms with Crippen molar-refractivity contribution in [2.45, 2.75) is 78.2 Å². The second kappa shape index (κ2) is 6.88. The van der Waals surface area contributed by atoms with Gasteiger partial charge in [-0.25, -0.2) is 0 Å². The maximum atomic E-state index is 12.7. The molecule has 1 atom stereocenters. The van der Waals surface area contributed by atoms with Gasteiger partial charge in [0.2, 0.25) is 0 Å². The number of ketones is 2. The molecule has 0 aromatic heterocycles. The normalized spacial score (nSPS) is 20.7. The van der Waals surface area contributed by atoms with E-state index in [4.69, 9.17) is 0 Å². The van der Waals surface area contributed by atoms with Crippen LogP contribution < -0.4 is 0 Å². The first kappa shape index (κ1) is 22.4. The molecule has 30 heavy (non-hydrogen) atoms. The zero-order valence-corrected chi connectivity index (χ0v) is 19.5. The highest BCUT2D eigenvalue weighted by molar-refractivity contribution is 6.02. The molecule has 0 heterocycles. The number of fused-ring (bicyclic) bond motifs is 1. The summed E-state index contributed by atoms with van der Waals surface area (Å²) in [4.78, 5) is 25.3. The summed E-state index contributed by atoms with van der Waals surface area (Å²) in [5.74, 6) is -0.145. The molecule has 3 heteroatoms. The third kappa shape index (κ3) is 3.76. The van der Waals surface area contributed by atoms with Crippen molar-refractivity contribution in [2.75, 3.05) is 0 Å². The van der Waals surface area contributed by atoms with Crippen molar-refractivity contribution in [2.24, 2.45) is 5.41 Å². The summed E-state index contributed by atoms with van der Waals surface area (Å²) in [6.45, 7) is 15.5. The topological polar surface area (TPSA) is 54.4 Å². The van der Waals surface area contributed by atoms with Gasteiger partial charge >= 0.3 is 0 Å². The van der Waals surface area contributed by atoms with Gasteiger partial charge in [-0.05, 0) is 48.4 Å². The van der Waals surface area contributed by atoms with Gasteiger partial charge in [0, 0.05) is 22.0 Å². The van der Waals surface area contributed by atoms with E-state index < -0.39 is 11.0 Å². The van der Waals surface area contributed by atoms with Crippen LogP contribution in [0.4, 0.5) is 0 Å². The summed E-state index contributed by atoms with van der Waals surface area (Å²) in [5.41, 5.74) is 2.59. The zero-order chi connectivity index (χ0) is 22.7. The highest BCUT2D eigenvalue weighted by Crippen LogP contribution is 2.53. The molecule has 160 valence electrons. The van der Waals surface area contributed by atoms with E-state index in [-0.39, 0.29) is 22.4 Å². The monoisotopic (exact) mass is 406 g/mol. The lowest BCUT2D eigenvalue weighted by Gasteiger charge is -2.29. The Morgan fingerprint density at radius 3 is 1.83 bits per heavy atom. The lowest BCUT2D eigenvalue weighted by atomic mass is 9.74. The average Bonchev–Trinajstić information content (AvgIpc) is 2.85. The molecule has 1 aliphatic rings. The molecule has 0 saturated heterocycles. The molecule has 1 aliphatic carbocycles. The van der Waals surface area contributed by atoms with Crippen LogP contribution >= 0.6 is 0 Å². The fourth-order valence-electron chi connectivity index (χ4n) is 4.84. The smallest absolute Gasteiger partial charge is 0.193 e. The van der Waals surface area contributed by atoms with Crippen molar-refractivity contribution in [3.63, 3.8) is 0 Å². The number of rotatable bonds is 4. The lowest BCUT2D eigenvalue weighted by Crippen LogP contribution is -2.31. The molecule has 0 bridgehead atoms. The largest absolute Gasteiger partial charge is 0.382 e. The summed E-state index contributed by atoms with van der Waals surface area (Å²) in [6.07, 6.45) is 0.905. The van der Waals surface area contributed by atoms with E-state index in [1.807, 2.05) is 51.1 Å². The van der Waals surface area contributed by atoms with Crippen LogP contribution in [-0.4, -0.2) is 22.3 Å². The number of benzene rings is 2. The van der Waals surface area contributed by atoms with E-state index in [1.54, 1.807) is 0 Å². The minimum atomic E-state index is -1.41. The van der Waals surface area contributed by atoms with Crippen LogP contribution in [0.15, 0.2) is 42.5 Å². The molecule has 2 aromatic carbocycles. The summed E-state index contributed by atoms with van der Waals surface area (Å²) < 4.78 is 0. The van der Waals surface area contributed by atoms with Crippen LogP contribution in [-0.2, 0) is 10.8 Å². The van der Waals surface area contributed by atoms with Crippen molar-refractivity contribution in [3.8, 4) is 0 Å². The quantitative estimate of drug-likeness (QED) is 0.647. The second-order valence-corrected chi connectivity index (χ2v) is 11.2. The fraction of sp³-hybridized carbons (Fsp3) is 0.481. The summed E-state index contributed by atoms with van der Waals surface area (Å²) >= 11 is 0. The maximum absolute atomic E-state index is 12.7. The Labute approximate surface area is 180 Å². The number of aliphatic hydroxyl groups is 1.